The Hall–Kier alpha value is -2.93. The van der Waals surface area contributed by atoms with E-state index >= 15 is 0 Å². The van der Waals surface area contributed by atoms with Gasteiger partial charge in [-0.15, -0.1) is 0 Å². The molecule has 0 fully saturated rings. The number of methoxy groups -OCH3 is 1. The molecule has 2 N–H and O–H groups in total. The molecule has 140 valence electrons. The van der Waals surface area contributed by atoms with Crippen LogP contribution in [0, 0.1) is 4.77 Å². The maximum atomic E-state index is 12.6. The van der Waals surface area contributed by atoms with Crippen LogP contribution < -0.4 is 15.6 Å². The number of carbonyl (C=O) groups excluding carboxylic acids is 1. The molecule has 6 nitrogen and oxygen atoms in total. The first-order valence-electron chi connectivity index (χ1n) is 8.65. The van der Waals surface area contributed by atoms with Crippen molar-refractivity contribution in [1.29, 1.82) is 0 Å². The summed E-state index contributed by atoms with van der Waals surface area (Å²) in [5, 5.41) is 3.49. The molecule has 3 rings (SSSR count). The Bertz CT molecular complexity index is 1090. The minimum Gasteiger partial charge on any atom is -0.496 e. The second kappa shape index (κ2) is 8.18. The highest BCUT2D eigenvalue weighted by Gasteiger charge is 2.14. The quantitative estimate of drug-likeness (QED) is 0.640. The van der Waals surface area contributed by atoms with Gasteiger partial charge < -0.3 is 15.0 Å². The Balaban J connectivity index is 1.72. The van der Waals surface area contributed by atoms with Gasteiger partial charge in [0.1, 0.15) is 5.75 Å². The van der Waals surface area contributed by atoms with Crippen LogP contribution in [0.25, 0.3) is 10.9 Å². The molecular formula is C20H21N3O3S. The van der Waals surface area contributed by atoms with Crippen molar-refractivity contribution >= 4 is 29.0 Å². The van der Waals surface area contributed by atoms with Crippen molar-refractivity contribution in [2.75, 3.05) is 7.11 Å². The number of aromatic amines is 1. The van der Waals surface area contributed by atoms with Gasteiger partial charge in [-0.2, -0.15) is 0 Å². The molecule has 0 aliphatic rings. The SMILES string of the molecule is COc1ccccc1C(C)NC(=O)CCn1c(=S)[nH]c2ccccc2c1=O. The van der Waals surface area contributed by atoms with Gasteiger partial charge in [0.15, 0.2) is 4.77 Å². The highest BCUT2D eigenvalue weighted by atomic mass is 32.1. The normalized spacial score (nSPS) is 11.9. The van der Waals surface area contributed by atoms with Crippen LogP contribution >= 0.6 is 12.2 Å². The van der Waals surface area contributed by atoms with Crippen molar-refractivity contribution < 1.29 is 9.53 Å². The van der Waals surface area contributed by atoms with Crippen molar-refractivity contribution in [2.24, 2.45) is 0 Å². The number of benzene rings is 2. The lowest BCUT2D eigenvalue weighted by Crippen LogP contribution is -2.30. The topological polar surface area (TPSA) is 76.1 Å². The number of aromatic nitrogens is 2. The molecular weight excluding hydrogens is 362 g/mol. The molecule has 0 bridgehead atoms. The van der Waals surface area contributed by atoms with Crippen LogP contribution in [0.5, 0.6) is 5.75 Å². The van der Waals surface area contributed by atoms with E-state index in [2.05, 4.69) is 10.3 Å². The summed E-state index contributed by atoms with van der Waals surface area (Å²) in [6, 6.07) is 14.5. The largest absolute Gasteiger partial charge is 0.496 e. The van der Waals surface area contributed by atoms with Crippen LogP contribution in [0.2, 0.25) is 0 Å². The van der Waals surface area contributed by atoms with Gasteiger partial charge >= 0.3 is 0 Å². The Morgan fingerprint density at radius 1 is 1.22 bits per heavy atom. The highest BCUT2D eigenvalue weighted by molar-refractivity contribution is 7.71. The molecule has 0 aliphatic carbocycles. The van der Waals surface area contributed by atoms with E-state index in [0.29, 0.717) is 15.7 Å². The maximum absolute atomic E-state index is 12.6. The van der Waals surface area contributed by atoms with Crippen molar-refractivity contribution in [2.45, 2.75) is 25.9 Å². The molecule has 3 aromatic rings. The van der Waals surface area contributed by atoms with Crippen molar-refractivity contribution in [3.05, 3.63) is 69.2 Å². The monoisotopic (exact) mass is 383 g/mol. The molecule has 0 radical (unpaired) electrons. The smallest absolute Gasteiger partial charge is 0.262 e. The third-order valence-electron chi connectivity index (χ3n) is 4.43. The first-order chi connectivity index (χ1) is 13.0. The minimum absolute atomic E-state index is 0.148. The predicted octanol–water partition coefficient (Wildman–Crippen LogP) is 3.34. The molecule has 1 unspecified atom stereocenters. The van der Waals surface area contributed by atoms with Gasteiger partial charge in [0.25, 0.3) is 5.56 Å². The lowest BCUT2D eigenvalue weighted by molar-refractivity contribution is -0.122. The first kappa shape index (κ1) is 18.8. The van der Waals surface area contributed by atoms with E-state index in [-0.39, 0.29) is 30.5 Å². The molecule has 1 amide bonds. The van der Waals surface area contributed by atoms with E-state index in [9.17, 15) is 9.59 Å². The highest BCUT2D eigenvalue weighted by Crippen LogP contribution is 2.24. The Morgan fingerprint density at radius 3 is 2.70 bits per heavy atom. The molecule has 0 saturated heterocycles. The average molecular weight is 383 g/mol. The Labute approximate surface area is 161 Å². The second-order valence-corrected chi connectivity index (χ2v) is 6.60. The average Bonchev–Trinajstić information content (AvgIpc) is 2.67. The number of nitrogens with zero attached hydrogens (tertiary/aromatic N) is 1. The van der Waals surface area contributed by atoms with Gasteiger partial charge in [0.2, 0.25) is 5.91 Å². The number of nitrogens with one attached hydrogen (secondary N) is 2. The minimum atomic E-state index is -0.212. The summed E-state index contributed by atoms with van der Waals surface area (Å²) in [6.07, 6.45) is 0.148. The third kappa shape index (κ3) is 4.09. The van der Waals surface area contributed by atoms with E-state index in [1.165, 1.54) is 4.57 Å². The number of rotatable bonds is 6. The number of H-pyrrole nitrogens is 1. The Morgan fingerprint density at radius 2 is 1.93 bits per heavy atom. The van der Waals surface area contributed by atoms with Gasteiger partial charge in [-0.05, 0) is 37.3 Å². The predicted molar refractivity (Wildman–Crippen MR) is 108 cm³/mol. The Kier molecular flexibility index (Phi) is 5.71. The van der Waals surface area contributed by atoms with Gasteiger partial charge in [-0.3, -0.25) is 14.2 Å². The van der Waals surface area contributed by atoms with E-state index in [1.54, 1.807) is 25.3 Å². The summed E-state index contributed by atoms with van der Waals surface area (Å²) in [5.74, 6) is 0.557. The van der Waals surface area contributed by atoms with Gasteiger partial charge in [0, 0.05) is 18.5 Å². The molecule has 0 aliphatic heterocycles. The molecule has 1 heterocycles. The summed E-state index contributed by atoms with van der Waals surface area (Å²) >= 11 is 5.28. The molecule has 1 atom stereocenters. The van der Waals surface area contributed by atoms with Crippen molar-refractivity contribution in [3.8, 4) is 5.75 Å². The second-order valence-electron chi connectivity index (χ2n) is 6.21. The number of ether oxygens (including phenoxy) is 1. The molecule has 0 saturated carbocycles. The van der Waals surface area contributed by atoms with E-state index in [4.69, 9.17) is 17.0 Å². The number of fused-ring (bicyclic) bond motifs is 1. The number of hydrogen-bond donors (Lipinski definition) is 2. The fourth-order valence-corrected chi connectivity index (χ4v) is 3.32. The fraction of sp³-hybridized carbons (Fsp3) is 0.250. The number of para-hydroxylation sites is 2. The van der Waals surface area contributed by atoms with Crippen molar-refractivity contribution in [1.82, 2.24) is 14.9 Å². The first-order valence-corrected chi connectivity index (χ1v) is 9.06. The number of amides is 1. The van der Waals surface area contributed by atoms with Crippen LogP contribution in [0.1, 0.15) is 24.9 Å². The van der Waals surface area contributed by atoms with Crippen LogP contribution in [0.3, 0.4) is 0 Å². The van der Waals surface area contributed by atoms with Crippen molar-refractivity contribution in [3.63, 3.8) is 0 Å². The third-order valence-corrected chi connectivity index (χ3v) is 4.76. The summed E-state index contributed by atoms with van der Waals surface area (Å²) in [7, 11) is 1.60. The zero-order valence-electron chi connectivity index (χ0n) is 15.2. The fourth-order valence-electron chi connectivity index (χ4n) is 3.03. The number of hydrogen-bond acceptors (Lipinski definition) is 4. The standard InChI is InChI=1S/C20H21N3O3S/c1-13(14-7-4-6-10-17(14)26-2)21-18(24)11-12-23-19(25)15-8-3-5-9-16(15)22-20(23)27/h3-10,13H,11-12H2,1-2H3,(H,21,24)(H,22,27). The molecule has 2 aromatic carbocycles. The summed E-state index contributed by atoms with van der Waals surface area (Å²) in [5.41, 5.74) is 1.39. The van der Waals surface area contributed by atoms with Gasteiger partial charge in [-0.1, -0.05) is 30.3 Å². The molecule has 7 heteroatoms. The molecule has 0 spiro atoms. The van der Waals surface area contributed by atoms with Gasteiger partial charge in [0.05, 0.1) is 24.1 Å². The van der Waals surface area contributed by atoms with Crippen LogP contribution in [0.4, 0.5) is 0 Å². The molecule has 27 heavy (non-hydrogen) atoms. The lowest BCUT2D eigenvalue weighted by Gasteiger charge is -2.17. The summed E-state index contributed by atoms with van der Waals surface area (Å²) in [6.45, 7) is 2.10. The van der Waals surface area contributed by atoms with E-state index in [0.717, 1.165) is 11.3 Å². The number of carbonyl (C=O) groups is 1. The zero-order chi connectivity index (χ0) is 19.4. The maximum Gasteiger partial charge on any atom is 0.262 e. The zero-order valence-corrected chi connectivity index (χ0v) is 16.0. The van der Waals surface area contributed by atoms with Gasteiger partial charge in [-0.25, -0.2) is 0 Å². The van der Waals surface area contributed by atoms with Crippen LogP contribution in [-0.2, 0) is 11.3 Å². The van der Waals surface area contributed by atoms with Crippen LogP contribution in [-0.4, -0.2) is 22.6 Å². The summed E-state index contributed by atoms with van der Waals surface area (Å²) in [4.78, 5) is 28.0. The lowest BCUT2D eigenvalue weighted by atomic mass is 10.1. The van der Waals surface area contributed by atoms with E-state index < -0.39 is 0 Å². The van der Waals surface area contributed by atoms with Crippen LogP contribution in [0.15, 0.2) is 53.3 Å². The van der Waals surface area contributed by atoms with E-state index in [1.807, 2.05) is 37.3 Å². The summed E-state index contributed by atoms with van der Waals surface area (Å²) < 4.78 is 7.07. The molecule has 1 aromatic heterocycles.